The zero-order valence-corrected chi connectivity index (χ0v) is 17.5. The highest BCUT2D eigenvalue weighted by molar-refractivity contribution is 5.95. The van der Waals surface area contributed by atoms with Gasteiger partial charge >= 0.3 is 0 Å². The van der Waals surface area contributed by atoms with Gasteiger partial charge < -0.3 is 14.5 Å². The van der Waals surface area contributed by atoms with E-state index in [4.69, 9.17) is 4.74 Å². The van der Waals surface area contributed by atoms with Crippen LogP contribution < -0.4 is 4.74 Å². The molecule has 0 saturated carbocycles. The first kappa shape index (κ1) is 20.8. The van der Waals surface area contributed by atoms with Gasteiger partial charge in [-0.25, -0.2) is 9.97 Å². The Hall–Kier alpha value is -2.96. The van der Waals surface area contributed by atoms with Gasteiger partial charge in [0.25, 0.3) is 11.8 Å². The molecule has 0 radical (unpaired) electrons. The summed E-state index contributed by atoms with van der Waals surface area (Å²) in [5, 5.41) is 0. The highest BCUT2D eigenvalue weighted by Gasteiger charge is 2.27. The number of hydrogen-bond acceptors (Lipinski definition) is 5. The van der Waals surface area contributed by atoms with Gasteiger partial charge in [-0.1, -0.05) is 6.07 Å². The molecule has 0 unspecified atom stereocenters. The third-order valence-electron chi connectivity index (χ3n) is 5.50. The molecule has 1 aliphatic heterocycles. The Balaban J connectivity index is 1.67. The van der Waals surface area contributed by atoms with Crippen molar-refractivity contribution in [2.75, 3.05) is 27.2 Å². The van der Waals surface area contributed by atoms with Crippen molar-refractivity contribution < 1.29 is 14.3 Å². The van der Waals surface area contributed by atoms with E-state index in [2.05, 4.69) is 9.97 Å². The van der Waals surface area contributed by atoms with Gasteiger partial charge in [-0.15, -0.1) is 0 Å². The van der Waals surface area contributed by atoms with Crippen molar-refractivity contribution in [1.82, 2.24) is 19.8 Å². The number of likely N-dealkylation sites (tertiary alicyclic amines) is 1. The van der Waals surface area contributed by atoms with Crippen molar-refractivity contribution >= 4 is 11.8 Å². The van der Waals surface area contributed by atoms with Crippen LogP contribution in [0.15, 0.2) is 30.5 Å². The number of aromatic nitrogens is 2. The van der Waals surface area contributed by atoms with Crippen LogP contribution in [-0.2, 0) is 0 Å². The summed E-state index contributed by atoms with van der Waals surface area (Å²) in [5.41, 5.74) is 1.86. The molecule has 1 fully saturated rings. The maximum absolute atomic E-state index is 12.9. The van der Waals surface area contributed by atoms with Crippen LogP contribution in [-0.4, -0.2) is 64.9 Å². The van der Waals surface area contributed by atoms with Crippen molar-refractivity contribution in [3.05, 3.63) is 53.1 Å². The van der Waals surface area contributed by atoms with Crippen LogP contribution in [0.25, 0.3) is 0 Å². The Bertz CT molecular complexity index is 899. The number of ether oxygens (including phenoxy) is 1. The average Bonchev–Trinajstić information content (AvgIpc) is 2.98. The minimum Gasteiger partial charge on any atom is -0.497 e. The summed E-state index contributed by atoms with van der Waals surface area (Å²) in [7, 11) is 3.42. The van der Waals surface area contributed by atoms with Crippen molar-refractivity contribution in [3.8, 4) is 5.75 Å². The SMILES string of the molecule is COc1cccc(C(=O)N(C)[C@@H]2CCCN(C(=O)c3cnc(C)nc3C)CC2)c1. The topological polar surface area (TPSA) is 75.6 Å². The van der Waals surface area contributed by atoms with Crippen LogP contribution in [0.2, 0.25) is 0 Å². The Kier molecular flexibility index (Phi) is 6.46. The first-order valence-electron chi connectivity index (χ1n) is 9.91. The zero-order valence-electron chi connectivity index (χ0n) is 17.5. The van der Waals surface area contributed by atoms with Gasteiger partial charge in [-0.3, -0.25) is 9.59 Å². The van der Waals surface area contributed by atoms with Gasteiger partial charge in [-0.05, 0) is 51.3 Å². The summed E-state index contributed by atoms with van der Waals surface area (Å²) in [4.78, 5) is 38.0. The van der Waals surface area contributed by atoms with Crippen molar-refractivity contribution in [3.63, 3.8) is 0 Å². The number of aryl methyl sites for hydroxylation is 2. The maximum Gasteiger partial charge on any atom is 0.257 e. The molecule has 0 spiro atoms. The molecule has 0 aliphatic carbocycles. The molecule has 2 amide bonds. The van der Waals surface area contributed by atoms with E-state index >= 15 is 0 Å². The summed E-state index contributed by atoms with van der Waals surface area (Å²) in [6, 6.07) is 7.28. The number of hydrogen-bond donors (Lipinski definition) is 0. The van der Waals surface area contributed by atoms with Gasteiger partial charge in [0.15, 0.2) is 0 Å². The predicted molar refractivity (Wildman–Crippen MR) is 110 cm³/mol. The van der Waals surface area contributed by atoms with Crippen molar-refractivity contribution in [2.24, 2.45) is 0 Å². The van der Waals surface area contributed by atoms with Crippen LogP contribution in [0.1, 0.15) is 51.5 Å². The normalized spacial score (nSPS) is 16.8. The number of methoxy groups -OCH3 is 1. The average molecular weight is 396 g/mol. The second-order valence-corrected chi connectivity index (χ2v) is 7.44. The zero-order chi connectivity index (χ0) is 21.0. The highest BCUT2D eigenvalue weighted by atomic mass is 16.5. The molecule has 3 rings (SSSR count). The van der Waals surface area contributed by atoms with Crippen molar-refractivity contribution in [1.29, 1.82) is 0 Å². The summed E-state index contributed by atoms with van der Waals surface area (Å²) in [6.07, 6.45) is 4.06. The third-order valence-corrected chi connectivity index (χ3v) is 5.50. The maximum atomic E-state index is 12.9. The van der Waals surface area contributed by atoms with E-state index in [9.17, 15) is 9.59 Å². The quantitative estimate of drug-likeness (QED) is 0.794. The fraction of sp³-hybridized carbons (Fsp3) is 0.455. The van der Waals surface area contributed by atoms with E-state index < -0.39 is 0 Å². The first-order chi connectivity index (χ1) is 13.9. The third kappa shape index (κ3) is 4.72. The van der Waals surface area contributed by atoms with Gasteiger partial charge in [0, 0.05) is 37.9 Å². The smallest absolute Gasteiger partial charge is 0.257 e. The minimum atomic E-state index is -0.0371. The number of amides is 2. The Labute approximate surface area is 171 Å². The number of nitrogens with zero attached hydrogens (tertiary/aromatic N) is 4. The molecule has 0 bridgehead atoms. The molecule has 1 aromatic heterocycles. The lowest BCUT2D eigenvalue weighted by Crippen LogP contribution is -2.38. The van der Waals surface area contributed by atoms with Gasteiger partial charge in [0.1, 0.15) is 11.6 Å². The van der Waals surface area contributed by atoms with Gasteiger partial charge in [0.05, 0.1) is 18.4 Å². The van der Waals surface area contributed by atoms with E-state index in [1.54, 1.807) is 30.3 Å². The monoisotopic (exact) mass is 396 g/mol. The van der Waals surface area contributed by atoms with Gasteiger partial charge in [0.2, 0.25) is 0 Å². The fourth-order valence-electron chi connectivity index (χ4n) is 3.76. The fourth-order valence-corrected chi connectivity index (χ4v) is 3.76. The van der Waals surface area contributed by atoms with Crippen LogP contribution in [0, 0.1) is 13.8 Å². The second-order valence-electron chi connectivity index (χ2n) is 7.44. The Morgan fingerprint density at radius 1 is 1.21 bits per heavy atom. The van der Waals surface area contributed by atoms with Crippen LogP contribution in [0.5, 0.6) is 5.75 Å². The summed E-state index contributed by atoms with van der Waals surface area (Å²) in [5.74, 6) is 1.26. The molecular weight excluding hydrogens is 368 g/mol. The van der Waals surface area contributed by atoms with Crippen LogP contribution in [0.4, 0.5) is 0 Å². The molecule has 2 heterocycles. The number of benzene rings is 1. The van der Waals surface area contributed by atoms with E-state index in [0.29, 0.717) is 41.5 Å². The van der Waals surface area contributed by atoms with Gasteiger partial charge in [-0.2, -0.15) is 0 Å². The number of carbonyl (C=O) groups excluding carboxylic acids is 2. The van der Waals surface area contributed by atoms with E-state index in [0.717, 1.165) is 19.3 Å². The molecule has 154 valence electrons. The lowest BCUT2D eigenvalue weighted by molar-refractivity contribution is 0.0709. The Morgan fingerprint density at radius 3 is 2.72 bits per heavy atom. The summed E-state index contributed by atoms with van der Waals surface area (Å²) < 4.78 is 5.22. The molecule has 7 nitrogen and oxygen atoms in total. The van der Waals surface area contributed by atoms with E-state index in [1.165, 1.54) is 0 Å². The van der Waals surface area contributed by atoms with Crippen molar-refractivity contribution in [2.45, 2.75) is 39.2 Å². The molecule has 0 N–H and O–H groups in total. The standard InChI is InChI=1S/C22H28N4O3/c1-15-20(14-23-16(2)24-15)22(28)26-11-6-8-18(10-12-26)25(3)21(27)17-7-5-9-19(13-17)29-4/h5,7,9,13-14,18H,6,8,10-12H2,1-4H3/t18-/m1/s1. The molecule has 1 aromatic carbocycles. The molecule has 1 atom stereocenters. The molecule has 7 heteroatoms. The highest BCUT2D eigenvalue weighted by Crippen LogP contribution is 2.21. The largest absolute Gasteiger partial charge is 0.497 e. The lowest BCUT2D eigenvalue weighted by Gasteiger charge is -2.27. The number of carbonyl (C=O) groups is 2. The lowest BCUT2D eigenvalue weighted by atomic mass is 10.1. The summed E-state index contributed by atoms with van der Waals surface area (Å²) in [6.45, 7) is 4.92. The first-order valence-corrected chi connectivity index (χ1v) is 9.91. The molecule has 29 heavy (non-hydrogen) atoms. The molecule has 2 aromatic rings. The van der Waals surface area contributed by atoms with Crippen LogP contribution >= 0.6 is 0 Å². The molecular formula is C22H28N4O3. The van der Waals surface area contributed by atoms with E-state index in [-0.39, 0.29) is 17.9 Å². The molecule has 1 aliphatic rings. The second kappa shape index (κ2) is 9.03. The Morgan fingerprint density at radius 2 is 2.00 bits per heavy atom. The molecule has 1 saturated heterocycles. The van der Waals surface area contributed by atoms with Crippen LogP contribution in [0.3, 0.4) is 0 Å². The predicted octanol–water partition coefficient (Wildman–Crippen LogP) is 2.87. The number of rotatable bonds is 4. The summed E-state index contributed by atoms with van der Waals surface area (Å²) >= 11 is 0. The van der Waals surface area contributed by atoms with E-state index in [1.807, 2.05) is 37.9 Å². The minimum absolute atomic E-state index is 0.0311.